The van der Waals surface area contributed by atoms with Gasteiger partial charge >= 0.3 is 0 Å². The highest BCUT2D eigenvalue weighted by molar-refractivity contribution is 5.49. The topological polar surface area (TPSA) is 73.7 Å². The zero-order valence-electron chi connectivity index (χ0n) is 11.5. The van der Waals surface area contributed by atoms with Gasteiger partial charge in [0.15, 0.2) is 0 Å². The number of methoxy groups -OCH3 is 3. The molecule has 1 aromatic carbocycles. The summed E-state index contributed by atoms with van der Waals surface area (Å²) in [6.45, 7) is 0. The Morgan fingerprint density at radius 3 is 2.10 bits per heavy atom. The monoisotopic (exact) mass is 276 g/mol. The molecule has 2 aromatic rings. The summed E-state index contributed by atoms with van der Waals surface area (Å²) < 4.78 is 15.7. The van der Waals surface area contributed by atoms with E-state index in [1.165, 1.54) is 33.7 Å². The summed E-state index contributed by atoms with van der Waals surface area (Å²) in [7, 11) is 4.53. The van der Waals surface area contributed by atoms with Gasteiger partial charge in [-0.3, -0.25) is 4.98 Å². The molecule has 1 atom stereocenters. The molecule has 2 rings (SSSR count). The van der Waals surface area contributed by atoms with Crippen LogP contribution >= 0.6 is 0 Å². The van der Waals surface area contributed by atoms with Gasteiger partial charge in [0.05, 0.1) is 26.9 Å². The minimum atomic E-state index is -1.07. The molecule has 6 heteroatoms. The lowest BCUT2D eigenvalue weighted by atomic mass is 10.0. The van der Waals surface area contributed by atoms with E-state index in [1.54, 1.807) is 18.2 Å². The van der Waals surface area contributed by atoms with Crippen LogP contribution in [0, 0.1) is 0 Å². The van der Waals surface area contributed by atoms with Crippen LogP contribution in [0.1, 0.15) is 17.4 Å². The quantitative estimate of drug-likeness (QED) is 0.894. The molecule has 6 nitrogen and oxygen atoms in total. The van der Waals surface area contributed by atoms with E-state index in [0.29, 0.717) is 22.8 Å². The van der Waals surface area contributed by atoms with E-state index in [9.17, 15) is 5.11 Å². The van der Waals surface area contributed by atoms with Crippen LogP contribution in [0.15, 0.2) is 30.6 Å². The van der Waals surface area contributed by atoms with Crippen LogP contribution < -0.4 is 14.2 Å². The van der Waals surface area contributed by atoms with Gasteiger partial charge in [-0.25, -0.2) is 4.98 Å². The van der Waals surface area contributed by atoms with Crippen LogP contribution in [0.3, 0.4) is 0 Å². The van der Waals surface area contributed by atoms with E-state index in [4.69, 9.17) is 14.2 Å². The first-order valence-electron chi connectivity index (χ1n) is 5.96. The highest BCUT2D eigenvalue weighted by Gasteiger charge is 2.25. The summed E-state index contributed by atoms with van der Waals surface area (Å²) in [5.74, 6) is 1.27. The van der Waals surface area contributed by atoms with E-state index in [2.05, 4.69) is 9.97 Å². The first-order valence-corrected chi connectivity index (χ1v) is 5.96. The van der Waals surface area contributed by atoms with Gasteiger partial charge < -0.3 is 19.3 Å². The molecule has 1 N–H and O–H groups in total. The third-order valence-corrected chi connectivity index (χ3v) is 2.88. The predicted octanol–water partition coefficient (Wildman–Crippen LogP) is 1.58. The Kier molecular flexibility index (Phi) is 4.37. The molecular weight excluding hydrogens is 260 g/mol. The fraction of sp³-hybridized carbons (Fsp3) is 0.286. The molecule has 1 heterocycles. The van der Waals surface area contributed by atoms with E-state index >= 15 is 0 Å². The minimum Gasteiger partial charge on any atom is -0.496 e. The lowest BCUT2D eigenvalue weighted by Crippen LogP contribution is -2.09. The highest BCUT2D eigenvalue weighted by atomic mass is 16.5. The van der Waals surface area contributed by atoms with Crippen LogP contribution in [0.4, 0.5) is 0 Å². The molecule has 0 aliphatic carbocycles. The fourth-order valence-electron chi connectivity index (χ4n) is 1.97. The van der Waals surface area contributed by atoms with Crippen molar-refractivity contribution in [2.24, 2.45) is 0 Å². The Labute approximate surface area is 117 Å². The minimum absolute atomic E-state index is 0.257. The number of ether oxygens (including phenoxy) is 3. The lowest BCUT2D eigenvalue weighted by Gasteiger charge is -2.18. The van der Waals surface area contributed by atoms with Gasteiger partial charge in [0.1, 0.15) is 23.3 Å². The van der Waals surface area contributed by atoms with Crippen molar-refractivity contribution in [2.75, 3.05) is 21.3 Å². The molecular formula is C14H16N2O4. The maximum Gasteiger partial charge on any atom is 0.238 e. The van der Waals surface area contributed by atoms with E-state index < -0.39 is 6.10 Å². The molecule has 1 unspecified atom stereocenters. The largest absolute Gasteiger partial charge is 0.496 e. The van der Waals surface area contributed by atoms with Crippen molar-refractivity contribution in [1.29, 1.82) is 0 Å². The summed E-state index contributed by atoms with van der Waals surface area (Å²) in [5, 5.41) is 10.6. The van der Waals surface area contributed by atoms with Gasteiger partial charge in [0.2, 0.25) is 5.88 Å². The maximum atomic E-state index is 10.6. The molecule has 106 valence electrons. The zero-order chi connectivity index (χ0) is 14.5. The Hall–Kier alpha value is -2.34. The molecule has 0 saturated heterocycles. The standard InChI is InChI=1S/C14H16N2O4/c1-18-9-5-4-6-10(19-2)11(9)13(17)12-14(20-3)16-8-7-15-12/h4-8,13,17H,1-3H3. The van der Waals surface area contributed by atoms with Crippen molar-refractivity contribution in [3.05, 3.63) is 41.9 Å². The summed E-state index contributed by atoms with van der Waals surface area (Å²) in [6, 6.07) is 5.26. The Balaban J connectivity index is 2.55. The molecule has 0 bridgehead atoms. The molecule has 20 heavy (non-hydrogen) atoms. The van der Waals surface area contributed by atoms with Crippen molar-refractivity contribution in [3.8, 4) is 17.4 Å². The van der Waals surface area contributed by atoms with Gasteiger partial charge in [0, 0.05) is 12.4 Å². The number of nitrogens with zero attached hydrogens (tertiary/aromatic N) is 2. The number of hydrogen-bond donors (Lipinski definition) is 1. The second-order valence-corrected chi connectivity index (χ2v) is 3.93. The Bertz CT molecular complexity index is 567. The smallest absolute Gasteiger partial charge is 0.238 e. The van der Waals surface area contributed by atoms with E-state index in [0.717, 1.165) is 0 Å². The number of benzene rings is 1. The average Bonchev–Trinajstić information content (AvgIpc) is 2.53. The van der Waals surface area contributed by atoms with Crippen molar-refractivity contribution in [3.63, 3.8) is 0 Å². The third-order valence-electron chi connectivity index (χ3n) is 2.88. The van der Waals surface area contributed by atoms with Gasteiger partial charge in [0.25, 0.3) is 0 Å². The predicted molar refractivity (Wildman–Crippen MR) is 72.2 cm³/mol. The van der Waals surface area contributed by atoms with Crippen molar-refractivity contribution >= 4 is 0 Å². The van der Waals surface area contributed by atoms with Crippen molar-refractivity contribution in [1.82, 2.24) is 9.97 Å². The first kappa shape index (κ1) is 14.1. The summed E-state index contributed by atoms with van der Waals surface area (Å²) >= 11 is 0. The SMILES string of the molecule is COc1cccc(OC)c1C(O)c1nccnc1OC. The first-order chi connectivity index (χ1) is 9.72. The molecule has 0 amide bonds. The number of hydrogen-bond acceptors (Lipinski definition) is 6. The highest BCUT2D eigenvalue weighted by Crippen LogP contribution is 2.38. The van der Waals surface area contributed by atoms with Crippen molar-refractivity contribution in [2.45, 2.75) is 6.10 Å². The Morgan fingerprint density at radius 2 is 1.55 bits per heavy atom. The maximum absolute atomic E-state index is 10.6. The Morgan fingerprint density at radius 1 is 0.950 bits per heavy atom. The molecule has 0 aliphatic rings. The van der Waals surface area contributed by atoms with Gasteiger partial charge in [-0.1, -0.05) is 6.07 Å². The third kappa shape index (κ3) is 2.50. The lowest BCUT2D eigenvalue weighted by molar-refractivity contribution is 0.197. The molecule has 0 spiro atoms. The average molecular weight is 276 g/mol. The molecule has 0 saturated carbocycles. The number of rotatable bonds is 5. The van der Waals surface area contributed by atoms with Crippen molar-refractivity contribution < 1.29 is 19.3 Å². The number of aliphatic hydroxyl groups excluding tert-OH is 1. The number of aliphatic hydroxyl groups is 1. The molecule has 0 radical (unpaired) electrons. The normalized spacial score (nSPS) is 11.8. The summed E-state index contributed by atoms with van der Waals surface area (Å²) in [4.78, 5) is 8.16. The van der Waals surface area contributed by atoms with Gasteiger partial charge in [-0.15, -0.1) is 0 Å². The molecule has 1 aromatic heterocycles. The van der Waals surface area contributed by atoms with Crippen LogP contribution in [-0.4, -0.2) is 36.4 Å². The summed E-state index contributed by atoms with van der Waals surface area (Å²) in [6.07, 6.45) is 1.92. The van der Waals surface area contributed by atoms with Crippen LogP contribution in [0.2, 0.25) is 0 Å². The van der Waals surface area contributed by atoms with Crippen LogP contribution in [-0.2, 0) is 0 Å². The molecule has 0 aliphatic heterocycles. The van der Waals surface area contributed by atoms with Gasteiger partial charge in [-0.2, -0.15) is 0 Å². The molecule has 0 fully saturated rings. The second kappa shape index (κ2) is 6.21. The van der Waals surface area contributed by atoms with Gasteiger partial charge in [-0.05, 0) is 12.1 Å². The second-order valence-electron chi connectivity index (χ2n) is 3.93. The van der Waals surface area contributed by atoms with E-state index in [1.807, 2.05) is 0 Å². The number of aromatic nitrogens is 2. The summed E-state index contributed by atoms with van der Waals surface area (Å²) in [5.41, 5.74) is 0.786. The zero-order valence-corrected chi connectivity index (χ0v) is 11.5. The van der Waals surface area contributed by atoms with Crippen LogP contribution in [0.25, 0.3) is 0 Å². The van der Waals surface area contributed by atoms with Crippen LogP contribution in [0.5, 0.6) is 17.4 Å². The van der Waals surface area contributed by atoms with E-state index in [-0.39, 0.29) is 5.88 Å². The fourth-order valence-corrected chi connectivity index (χ4v) is 1.97.